The number of aromatic nitrogens is 3. The maximum Gasteiger partial charge on any atom is 0.273 e. The zero-order valence-electron chi connectivity index (χ0n) is 10.6. The molecule has 2 rings (SSSR count). The number of nitrogens with one attached hydrogen (secondary N) is 2. The van der Waals surface area contributed by atoms with Gasteiger partial charge < -0.3 is 10.6 Å². The van der Waals surface area contributed by atoms with Crippen molar-refractivity contribution < 1.29 is 4.79 Å². The molecule has 2 heterocycles. The van der Waals surface area contributed by atoms with Crippen molar-refractivity contribution in [3.63, 3.8) is 0 Å². The quantitative estimate of drug-likeness (QED) is 0.763. The minimum Gasteiger partial charge on any atom is -0.347 e. The van der Waals surface area contributed by atoms with Crippen molar-refractivity contribution in [2.24, 2.45) is 0 Å². The molecule has 1 aliphatic rings. The van der Waals surface area contributed by atoms with Gasteiger partial charge >= 0.3 is 0 Å². The summed E-state index contributed by atoms with van der Waals surface area (Å²) >= 11 is 0. The molecule has 1 aliphatic heterocycles. The number of hydrogen-bond acceptors (Lipinski definition) is 4. The van der Waals surface area contributed by atoms with Crippen LogP contribution in [0.25, 0.3) is 0 Å². The van der Waals surface area contributed by atoms with E-state index < -0.39 is 0 Å². The largest absolute Gasteiger partial charge is 0.347 e. The molecule has 6 nitrogen and oxygen atoms in total. The molecule has 0 bridgehead atoms. The van der Waals surface area contributed by atoms with Gasteiger partial charge in [0.15, 0.2) is 5.69 Å². The summed E-state index contributed by atoms with van der Waals surface area (Å²) < 4.78 is 1.80. The van der Waals surface area contributed by atoms with E-state index in [2.05, 4.69) is 27.5 Å². The van der Waals surface area contributed by atoms with E-state index in [0.29, 0.717) is 18.3 Å². The molecule has 98 valence electrons. The molecule has 0 saturated carbocycles. The maximum atomic E-state index is 11.8. The number of carbonyl (C=O) groups is 1. The normalized spacial score (nSPS) is 16.5. The van der Waals surface area contributed by atoms with Crippen LogP contribution in [0.15, 0.2) is 18.3 Å². The number of carbonyl (C=O) groups excluding carboxylic acids is 1. The average Bonchev–Trinajstić information content (AvgIpc) is 2.86. The molecule has 0 aromatic carbocycles. The monoisotopic (exact) mass is 249 g/mol. The van der Waals surface area contributed by atoms with Gasteiger partial charge in [-0.05, 0) is 32.9 Å². The zero-order valence-corrected chi connectivity index (χ0v) is 10.6. The van der Waals surface area contributed by atoms with E-state index in [4.69, 9.17) is 0 Å². The first-order chi connectivity index (χ1) is 8.66. The molecule has 18 heavy (non-hydrogen) atoms. The molecule has 0 radical (unpaired) electrons. The van der Waals surface area contributed by atoms with Crippen molar-refractivity contribution in [3.8, 4) is 0 Å². The Morgan fingerprint density at radius 3 is 3.00 bits per heavy atom. The molecule has 0 unspecified atom stereocenters. The lowest BCUT2D eigenvalue weighted by atomic mass is 10.1. The number of nitrogens with zero attached hydrogens (tertiary/aromatic N) is 3. The summed E-state index contributed by atoms with van der Waals surface area (Å²) in [6.45, 7) is 8.05. The van der Waals surface area contributed by atoms with E-state index in [0.717, 1.165) is 31.5 Å². The molecule has 6 heteroatoms. The molecule has 1 amide bonds. The number of hydrogen-bond donors (Lipinski definition) is 2. The second-order valence-corrected chi connectivity index (χ2v) is 4.70. The first-order valence-corrected chi connectivity index (χ1v) is 6.22. The van der Waals surface area contributed by atoms with Crippen molar-refractivity contribution in [2.45, 2.75) is 25.8 Å². The van der Waals surface area contributed by atoms with Gasteiger partial charge in [0, 0.05) is 6.54 Å². The average molecular weight is 249 g/mol. The molecule has 2 N–H and O–H groups in total. The summed E-state index contributed by atoms with van der Waals surface area (Å²) in [7, 11) is 0. The predicted molar refractivity (Wildman–Crippen MR) is 68.3 cm³/mol. The van der Waals surface area contributed by atoms with Crippen LogP contribution in [0.1, 0.15) is 36.3 Å². The lowest BCUT2D eigenvalue weighted by molar-refractivity contribution is 0.0952. The van der Waals surface area contributed by atoms with Gasteiger partial charge in [-0.3, -0.25) is 4.79 Å². The van der Waals surface area contributed by atoms with Gasteiger partial charge in [-0.25, -0.2) is 4.68 Å². The summed E-state index contributed by atoms with van der Waals surface area (Å²) in [4.78, 5) is 11.8. The molecule has 1 aromatic rings. The molecule has 0 aliphatic carbocycles. The Hall–Kier alpha value is -1.69. The van der Waals surface area contributed by atoms with Gasteiger partial charge in [0.2, 0.25) is 0 Å². The van der Waals surface area contributed by atoms with E-state index in [1.54, 1.807) is 10.9 Å². The second-order valence-electron chi connectivity index (χ2n) is 4.70. The standard InChI is InChI=1S/C12H19N5O/c1-9(2)7-14-12(18)11-8-17(16-15-11)10-3-5-13-6-4-10/h8,10,13H,1,3-7H2,2H3,(H,14,18). The third-order valence-electron chi connectivity index (χ3n) is 2.98. The number of piperidine rings is 1. The maximum absolute atomic E-state index is 11.8. The second kappa shape index (κ2) is 5.77. The van der Waals surface area contributed by atoms with E-state index in [1.165, 1.54) is 0 Å². The van der Waals surface area contributed by atoms with Crippen LogP contribution in [-0.2, 0) is 0 Å². The Morgan fingerprint density at radius 1 is 1.61 bits per heavy atom. The fourth-order valence-corrected chi connectivity index (χ4v) is 1.95. The van der Waals surface area contributed by atoms with Crippen molar-refractivity contribution in [2.75, 3.05) is 19.6 Å². The molecule has 0 spiro atoms. The zero-order chi connectivity index (χ0) is 13.0. The van der Waals surface area contributed by atoms with Crippen LogP contribution in [0.5, 0.6) is 0 Å². The molecule has 1 aromatic heterocycles. The van der Waals surface area contributed by atoms with Crippen LogP contribution >= 0.6 is 0 Å². The van der Waals surface area contributed by atoms with E-state index in [9.17, 15) is 4.79 Å². The fourth-order valence-electron chi connectivity index (χ4n) is 1.95. The Morgan fingerprint density at radius 2 is 2.33 bits per heavy atom. The van der Waals surface area contributed by atoms with Crippen LogP contribution in [0.4, 0.5) is 0 Å². The highest BCUT2D eigenvalue weighted by Gasteiger charge is 2.18. The van der Waals surface area contributed by atoms with E-state index in [1.807, 2.05) is 6.92 Å². The van der Waals surface area contributed by atoms with Gasteiger partial charge in [-0.2, -0.15) is 0 Å². The summed E-state index contributed by atoms with van der Waals surface area (Å²) in [5, 5.41) is 14.0. The van der Waals surface area contributed by atoms with Crippen molar-refractivity contribution >= 4 is 5.91 Å². The van der Waals surface area contributed by atoms with Crippen LogP contribution in [0.3, 0.4) is 0 Å². The Labute approximate surface area is 106 Å². The highest BCUT2D eigenvalue weighted by Crippen LogP contribution is 2.16. The molecule has 0 atom stereocenters. The molecular formula is C12H19N5O. The molecular weight excluding hydrogens is 230 g/mol. The summed E-state index contributed by atoms with van der Waals surface area (Å²) in [5.74, 6) is -0.196. The minimum atomic E-state index is -0.196. The molecule has 1 fully saturated rings. The third kappa shape index (κ3) is 3.16. The van der Waals surface area contributed by atoms with Crippen LogP contribution in [0.2, 0.25) is 0 Å². The molecule has 1 saturated heterocycles. The Balaban J connectivity index is 1.96. The van der Waals surface area contributed by atoms with Crippen molar-refractivity contribution in [1.29, 1.82) is 0 Å². The van der Waals surface area contributed by atoms with Gasteiger partial charge in [-0.15, -0.1) is 5.10 Å². The van der Waals surface area contributed by atoms with Gasteiger partial charge in [-0.1, -0.05) is 17.4 Å². The third-order valence-corrected chi connectivity index (χ3v) is 2.98. The fraction of sp³-hybridized carbons (Fsp3) is 0.583. The van der Waals surface area contributed by atoms with Gasteiger partial charge in [0.25, 0.3) is 5.91 Å². The number of amides is 1. The first-order valence-electron chi connectivity index (χ1n) is 6.22. The van der Waals surface area contributed by atoms with E-state index >= 15 is 0 Å². The lowest BCUT2D eigenvalue weighted by Gasteiger charge is -2.22. The van der Waals surface area contributed by atoms with Crippen molar-refractivity contribution in [1.82, 2.24) is 25.6 Å². The number of rotatable bonds is 4. The highest BCUT2D eigenvalue weighted by atomic mass is 16.2. The minimum absolute atomic E-state index is 0.196. The van der Waals surface area contributed by atoms with Crippen LogP contribution in [0, 0.1) is 0 Å². The van der Waals surface area contributed by atoms with Gasteiger partial charge in [0.1, 0.15) is 0 Å². The SMILES string of the molecule is C=C(C)CNC(=O)c1cn(C2CCNCC2)nn1. The van der Waals surface area contributed by atoms with Crippen LogP contribution < -0.4 is 10.6 Å². The smallest absolute Gasteiger partial charge is 0.273 e. The van der Waals surface area contributed by atoms with Crippen LogP contribution in [-0.4, -0.2) is 40.5 Å². The topological polar surface area (TPSA) is 71.8 Å². The first kappa shape index (κ1) is 12.8. The summed E-state index contributed by atoms with van der Waals surface area (Å²) in [5.41, 5.74) is 1.28. The Bertz CT molecular complexity index is 433. The van der Waals surface area contributed by atoms with E-state index in [-0.39, 0.29) is 5.91 Å². The van der Waals surface area contributed by atoms with Crippen molar-refractivity contribution in [3.05, 3.63) is 24.0 Å². The summed E-state index contributed by atoms with van der Waals surface area (Å²) in [6, 6.07) is 0.349. The van der Waals surface area contributed by atoms with Gasteiger partial charge in [0.05, 0.1) is 12.2 Å². The highest BCUT2D eigenvalue weighted by molar-refractivity contribution is 5.91. The predicted octanol–water partition coefficient (Wildman–Crippen LogP) is 0.508. The lowest BCUT2D eigenvalue weighted by Crippen LogP contribution is -2.29. The summed E-state index contributed by atoms with van der Waals surface area (Å²) in [6.07, 6.45) is 3.77. The Kier molecular flexibility index (Phi) is 4.09.